The fourth-order valence-corrected chi connectivity index (χ4v) is 6.80. The zero-order chi connectivity index (χ0) is 26.5. The molecule has 0 radical (unpaired) electrons. The summed E-state index contributed by atoms with van der Waals surface area (Å²) in [6.07, 6.45) is -3.80. The molecule has 1 saturated heterocycles. The number of carbonyl (C=O) groups excluding carboxylic acids is 1. The quantitative estimate of drug-likeness (QED) is 0.544. The lowest BCUT2D eigenvalue weighted by atomic mass is 9.84. The summed E-state index contributed by atoms with van der Waals surface area (Å²) in [6, 6.07) is 13.9. The number of nitrogens with zero attached hydrogens (tertiary/aromatic N) is 2. The van der Waals surface area contributed by atoms with E-state index in [-0.39, 0.29) is 59.0 Å². The van der Waals surface area contributed by atoms with Crippen molar-refractivity contribution in [2.75, 3.05) is 18.4 Å². The van der Waals surface area contributed by atoms with Crippen LogP contribution >= 0.6 is 0 Å². The van der Waals surface area contributed by atoms with Crippen LogP contribution in [-0.4, -0.2) is 36.3 Å². The zero-order valence-electron chi connectivity index (χ0n) is 19.8. The van der Waals surface area contributed by atoms with Crippen molar-refractivity contribution in [3.05, 3.63) is 82.3 Å². The van der Waals surface area contributed by atoms with Gasteiger partial charge in [-0.25, -0.2) is 8.42 Å². The number of benzene rings is 2. The molecule has 3 heterocycles. The molecule has 7 nitrogen and oxygen atoms in total. The summed E-state index contributed by atoms with van der Waals surface area (Å²) < 4.78 is 69.3. The van der Waals surface area contributed by atoms with Gasteiger partial charge in [-0.2, -0.15) is 17.5 Å². The number of carbonyl (C=O) groups is 1. The third-order valence-corrected chi connectivity index (χ3v) is 8.73. The van der Waals surface area contributed by atoms with E-state index in [9.17, 15) is 31.2 Å². The van der Waals surface area contributed by atoms with E-state index in [1.165, 1.54) is 53.7 Å². The van der Waals surface area contributed by atoms with E-state index in [1.807, 2.05) is 0 Å². The molecule has 2 atom stereocenters. The zero-order valence-corrected chi connectivity index (χ0v) is 20.6. The van der Waals surface area contributed by atoms with Crippen LogP contribution in [-0.2, 0) is 27.5 Å². The highest BCUT2D eigenvalue weighted by molar-refractivity contribution is 7.89. The largest absolute Gasteiger partial charge is 0.416 e. The number of hydrogen-bond donors (Lipinski definition) is 1. The van der Waals surface area contributed by atoms with Crippen LogP contribution in [0.4, 0.5) is 18.9 Å². The van der Waals surface area contributed by atoms with Crippen LogP contribution < -0.4 is 10.9 Å². The number of piperidine rings is 1. The number of aromatic nitrogens is 1. The smallest absolute Gasteiger partial charge is 0.326 e. The highest BCUT2D eigenvalue weighted by atomic mass is 32.2. The molecule has 0 unspecified atom stereocenters. The number of anilines is 1. The summed E-state index contributed by atoms with van der Waals surface area (Å²) in [7, 11) is -3.81. The molecule has 1 N–H and O–H groups in total. The van der Waals surface area contributed by atoms with Gasteiger partial charge in [0.2, 0.25) is 15.9 Å². The van der Waals surface area contributed by atoms with Crippen LogP contribution in [0, 0.1) is 5.92 Å². The Balaban J connectivity index is 1.43. The number of hydrogen-bond acceptors (Lipinski definition) is 4. The molecule has 11 heteroatoms. The van der Waals surface area contributed by atoms with Crippen LogP contribution in [0.3, 0.4) is 0 Å². The van der Waals surface area contributed by atoms with Crippen molar-refractivity contribution in [1.82, 2.24) is 8.87 Å². The van der Waals surface area contributed by atoms with Crippen LogP contribution in [0.2, 0.25) is 0 Å². The second-order valence-electron chi connectivity index (χ2n) is 9.49. The Kier molecular flexibility index (Phi) is 6.23. The van der Waals surface area contributed by atoms with Gasteiger partial charge in [0.25, 0.3) is 5.56 Å². The molecule has 5 rings (SSSR count). The van der Waals surface area contributed by atoms with Crippen LogP contribution in [0.5, 0.6) is 0 Å². The molecule has 3 aromatic rings. The van der Waals surface area contributed by atoms with Gasteiger partial charge >= 0.3 is 6.18 Å². The summed E-state index contributed by atoms with van der Waals surface area (Å²) in [4.78, 5) is 24.7. The van der Waals surface area contributed by atoms with E-state index >= 15 is 0 Å². The Morgan fingerprint density at radius 3 is 2.41 bits per heavy atom. The molecule has 2 bridgehead atoms. The number of amides is 1. The number of fused-ring (bicyclic) bond motifs is 4. The van der Waals surface area contributed by atoms with Gasteiger partial charge in [0.15, 0.2) is 0 Å². The average Bonchev–Trinajstić information content (AvgIpc) is 2.84. The first-order valence-electron chi connectivity index (χ1n) is 11.7. The molecule has 1 fully saturated rings. The van der Waals surface area contributed by atoms with E-state index in [0.29, 0.717) is 11.4 Å². The van der Waals surface area contributed by atoms with Gasteiger partial charge in [-0.15, -0.1) is 0 Å². The van der Waals surface area contributed by atoms with Gasteiger partial charge in [0.05, 0.1) is 10.5 Å². The van der Waals surface area contributed by atoms with E-state index in [2.05, 4.69) is 5.32 Å². The maximum atomic E-state index is 13.4. The Morgan fingerprint density at radius 1 is 1.00 bits per heavy atom. The minimum atomic E-state index is -4.52. The third kappa shape index (κ3) is 4.80. The minimum absolute atomic E-state index is 0.110. The highest BCUT2D eigenvalue weighted by Crippen LogP contribution is 2.38. The lowest BCUT2D eigenvalue weighted by Crippen LogP contribution is -2.49. The molecular formula is C26H24F3N3O4S. The van der Waals surface area contributed by atoms with Gasteiger partial charge in [-0.05, 0) is 66.4 Å². The predicted molar refractivity (Wildman–Crippen MR) is 131 cm³/mol. The Morgan fingerprint density at radius 2 is 1.73 bits per heavy atom. The first-order valence-corrected chi connectivity index (χ1v) is 13.2. The van der Waals surface area contributed by atoms with Gasteiger partial charge < -0.3 is 9.88 Å². The van der Waals surface area contributed by atoms with Crippen LogP contribution in [0.25, 0.3) is 11.1 Å². The lowest BCUT2D eigenvalue weighted by Gasteiger charge is -2.42. The lowest BCUT2D eigenvalue weighted by molar-refractivity contribution is -0.137. The number of rotatable bonds is 4. The maximum Gasteiger partial charge on any atom is 0.416 e. The standard InChI is InChI=1S/C26H24F3N3O4S/c1-16(33)30-21-5-7-22(8-6-21)37(35,36)31-13-17-11-19(15-31)24-10-9-23(25(34)32(24)14-17)18-3-2-4-20(12-18)26(27,28)29/h2-10,12,17,19H,11,13-15H2,1H3,(H,30,33)/t17-,19+/m0/s1. The van der Waals surface area contributed by atoms with Crippen molar-refractivity contribution in [2.45, 2.75) is 36.9 Å². The third-order valence-electron chi connectivity index (χ3n) is 6.88. The Bertz CT molecular complexity index is 1530. The van der Waals surface area contributed by atoms with E-state index in [0.717, 1.165) is 18.6 Å². The molecule has 37 heavy (non-hydrogen) atoms. The fourth-order valence-electron chi connectivity index (χ4n) is 5.24. The van der Waals surface area contributed by atoms with Crippen molar-refractivity contribution in [1.29, 1.82) is 0 Å². The van der Waals surface area contributed by atoms with Crippen molar-refractivity contribution < 1.29 is 26.4 Å². The molecule has 1 aromatic heterocycles. The Hall–Kier alpha value is -3.44. The van der Waals surface area contributed by atoms with Crippen molar-refractivity contribution in [2.24, 2.45) is 5.92 Å². The summed E-state index contributed by atoms with van der Waals surface area (Å²) in [5.74, 6) is -0.595. The highest BCUT2D eigenvalue weighted by Gasteiger charge is 2.40. The molecule has 2 aliphatic rings. The fraction of sp³-hybridized carbons (Fsp3) is 0.308. The van der Waals surface area contributed by atoms with E-state index in [4.69, 9.17) is 0 Å². The number of pyridine rings is 1. The van der Waals surface area contributed by atoms with Crippen molar-refractivity contribution >= 4 is 21.6 Å². The van der Waals surface area contributed by atoms with Crippen LogP contribution in [0.1, 0.15) is 30.5 Å². The second kappa shape index (κ2) is 9.14. The molecule has 1 amide bonds. The first-order chi connectivity index (χ1) is 17.4. The number of sulfonamides is 1. The van der Waals surface area contributed by atoms with Gasteiger partial charge in [0.1, 0.15) is 0 Å². The molecule has 2 aromatic carbocycles. The van der Waals surface area contributed by atoms with Crippen molar-refractivity contribution in [3.63, 3.8) is 0 Å². The molecular weight excluding hydrogens is 507 g/mol. The maximum absolute atomic E-state index is 13.4. The topological polar surface area (TPSA) is 88.5 Å². The van der Waals surface area contributed by atoms with Crippen molar-refractivity contribution in [3.8, 4) is 11.1 Å². The van der Waals surface area contributed by atoms with Crippen LogP contribution in [0.15, 0.2) is 70.4 Å². The summed E-state index contributed by atoms with van der Waals surface area (Å²) in [5, 5.41) is 2.60. The van der Waals surface area contributed by atoms with Gasteiger partial charge in [0, 0.05) is 49.4 Å². The SMILES string of the molecule is CC(=O)Nc1ccc(S(=O)(=O)N2C[C@@H]3C[C@H](C2)c2ccc(-c4cccc(C(F)(F)F)c4)c(=O)n2C3)cc1. The molecule has 194 valence electrons. The molecule has 0 spiro atoms. The predicted octanol–water partition coefficient (Wildman–Crippen LogP) is 4.30. The number of alkyl halides is 3. The van der Waals surface area contributed by atoms with Gasteiger partial charge in [-0.3, -0.25) is 9.59 Å². The van der Waals surface area contributed by atoms with Gasteiger partial charge in [-0.1, -0.05) is 12.1 Å². The number of halogens is 3. The monoisotopic (exact) mass is 531 g/mol. The normalized spacial score (nSPS) is 19.8. The van der Waals surface area contributed by atoms with E-state index < -0.39 is 21.8 Å². The summed E-state index contributed by atoms with van der Waals surface area (Å²) >= 11 is 0. The van der Waals surface area contributed by atoms with E-state index in [1.54, 1.807) is 10.6 Å². The average molecular weight is 532 g/mol. The minimum Gasteiger partial charge on any atom is -0.326 e. The second-order valence-corrected chi connectivity index (χ2v) is 11.4. The molecule has 0 aliphatic carbocycles. The number of nitrogens with one attached hydrogen (secondary N) is 1. The summed E-state index contributed by atoms with van der Waals surface area (Å²) in [5.41, 5.74) is 0.340. The molecule has 0 saturated carbocycles. The Labute approximate surface area is 211 Å². The molecule has 2 aliphatic heterocycles. The first kappa shape index (κ1) is 25.2. The summed E-state index contributed by atoms with van der Waals surface area (Å²) in [6.45, 7) is 2.06.